The Morgan fingerprint density at radius 2 is 1.86 bits per heavy atom. The average Bonchev–Trinajstić information content (AvgIpc) is 3.29. The third-order valence-electron chi connectivity index (χ3n) is 6.23. The lowest BCUT2D eigenvalue weighted by Crippen LogP contribution is -2.52. The molecule has 190 valence electrons. The summed E-state index contributed by atoms with van der Waals surface area (Å²) in [6, 6.07) is 11.7. The van der Waals surface area contributed by atoms with Gasteiger partial charge >= 0.3 is 0 Å². The van der Waals surface area contributed by atoms with E-state index in [2.05, 4.69) is 21.2 Å². The van der Waals surface area contributed by atoms with Crippen LogP contribution in [0.2, 0.25) is 5.02 Å². The molecule has 3 rings (SSSR count). The number of nitrogens with one attached hydrogen (secondary N) is 1. The van der Waals surface area contributed by atoms with E-state index in [9.17, 15) is 18.0 Å². The first kappa shape index (κ1) is 27.5. The maximum Gasteiger partial charge on any atom is 0.244 e. The second-order valence-corrected chi connectivity index (χ2v) is 12.3. The molecule has 0 aromatic heterocycles. The second-order valence-electron chi connectivity index (χ2n) is 9.02. The highest BCUT2D eigenvalue weighted by Gasteiger charge is 2.31. The van der Waals surface area contributed by atoms with Crippen LogP contribution in [0.1, 0.15) is 43.7 Å². The fraction of sp³-hybridized carbons (Fsp3) is 0.440. The first-order valence-electron chi connectivity index (χ1n) is 11.5. The van der Waals surface area contributed by atoms with Gasteiger partial charge in [0, 0.05) is 22.1 Å². The highest BCUT2D eigenvalue weighted by molar-refractivity contribution is 9.10. The van der Waals surface area contributed by atoms with Gasteiger partial charge < -0.3 is 10.2 Å². The number of rotatable bonds is 9. The van der Waals surface area contributed by atoms with Crippen LogP contribution in [0.5, 0.6) is 0 Å². The van der Waals surface area contributed by atoms with E-state index in [1.807, 2.05) is 24.3 Å². The zero-order valence-corrected chi connectivity index (χ0v) is 23.3. The molecular formula is C25H31BrClN3O4S. The first-order chi connectivity index (χ1) is 16.5. The van der Waals surface area contributed by atoms with Crippen molar-refractivity contribution in [2.24, 2.45) is 0 Å². The molecule has 2 aromatic carbocycles. The molecule has 0 unspecified atom stereocenters. The van der Waals surface area contributed by atoms with Crippen LogP contribution < -0.4 is 9.62 Å². The van der Waals surface area contributed by atoms with Crippen LogP contribution in [0.3, 0.4) is 0 Å². The fourth-order valence-corrected chi connectivity index (χ4v) is 5.76. The second kappa shape index (κ2) is 11.8. The number of hydrogen-bond donors (Lipinski definition) is 1. The number of benzene rings is 2. The van der Waals surface area contributed by atoms with Crippen molar-refractivity contribution >= 4 is 55.1 Å². The molecular weight excluding hydrogens is 554 g/mol. The van der Waals surface area contributed by atoms with E-state index in [1.54, 1.807) is 26.0 Å². The summed E-state index contributed by atoms with van der Waals surface area (Å²) in [6.07, 6.45) is 5.04. The number of aryl methyl sites for hydroxylation is 1. The molecule has 0 heterocycles. The molecule has 0 spiro atoms. The summed E-state index contributed by atoms with van der Waals surface area (Å²) in [5, 5.41) is 3.41. The highest BCUT2D eigenvalue weighted by atomic mass is 79.9. The predicted octanol–water partition coefficient (Wildman–Crippen LogP) is 4.65. The van der Waals surface area contributed by atoms with Crippen LogP contribution in [0, 0.1) is 6.92 Å². The summed E-state index contributed by atoms with van der Waals surface area (Å²) < 4.78 is 27.3. The Morgan fingerprint density at radius 1 is 1.17 bits per heavy atom. The van der Waals surface area contributed by atoms with Crippen molar-refractivity contribution in [3.63, 3.8) is 0 Å². The van der Waals surface area contributed by atoms with Crippen molar-refractivity contribution in [2.75, 3.05) is 17.1 Å². The highest BCUT2D eigenvalue weighted by Crippen LogP contribution is 2.27. The molecule has 0 bridgehead atoms. The van der Waals surface area contributed by atoms with Gasteiger partial charge in [-0.3, -0.25) is 13.9 Å². The predicted molar refractivity (Wildman–Crippen MR) is 143 cm³/mol. The third kappa shape index (κ3) is 7.44. The van der Waals surface area contributed by atoms with Crippen LogP contribution in [-0.4, -0.2) is 50.0 Å². The molecule has 10 heteroatoms. The molecule has 1 N–H and O–H groups in total. The van der Waals surface area contributed by atoms with Gasteiger partial charge in [-0.1, -0.05) is 58.6 Å². The molecule has 1 aliphatic rings. The molecule has 1 aliphatic carbocycles. The van der Waals surface area contributed by atoms with Crippen LogP contribution >= 0.6 is 27.5 Å². The Bertz CT molecular complexity index is 1180. The molecule has 2 amide bonds. The lowest BCUT2D eigenvalue weighted by atomic mass is 10.1. The minimum absolute atomic E-state index is 0.106. The van der Waals surface area contributed by atoms with E-state index < -0.39 is 28.5 Å². The number of carbonyl (C=O) groups excluding carboxylic acids is 2. The van der Waals surface area contributed by atoms with Crippen molar-refractivity contribution in [1.29, 1.82) is 0 Å². The lowest BCUT2D eigenvalue weighted by molar-refractivity contribution is -0.139. The van der Waals surface area contributed by atoms with Gasteiger partial charge in [0.2, 0.25) is 21.8 Å². The summed E-state index contributed by atoms with van der Waals surface area (Å²) in [6.45, 7) is 3.14. The number of hydrogen-bond acceptors (Lipinski definition) is 4. The van der Waals surface area contributed by atoms with E-state index in [4.69, 9.17) is 11.6 Å². The number of carbonyl (C=O) groups is 2. The Balaban J connectivity index is 1.91. The fourth-order valence-electron chi connectivity index (χ4n) is 4.25. The van der Waals surface area contributed by atoms with Crippen LogP contribution in [0.25, 0.3) is 0 Å². The number of sulfonamides is 1. The van der Waals surface area contributed by atoms with E-state index >= 15 is 0 Å². The third-order valence-corrected chi connectivity index (χ3v) is 8.08. The van der Waals surface area contributed by atoms with E-state index in [-0.39, 0.29) is 18.5 Å². The standard InChI is InChI=1S/C25H31BrClN3O4S/c1-17-11-12-21(27)14-23(17)30(35(3,33)34)16-24(31)29(15-19-7-6-8-20(26)13-19)18(2)25(32)28-22-9-4-5-10-22/h6-8,11-14,18,22H,4-5,9-10,15-16H2,1-3H3,(H,28,32)/t18-/m1/s1. The van der Waals surface area contributed by atoms with Crippen molar-refractivity contribution in [2.45, 2.75) is 58.2 Å². The molecule has 35 heavy (non-hydrogen) atoms. The summed E-state index contributed by atoms with van der Waals surface area (Å²) in [5.41, 5.74) is 1.81. The van der Waals surface area contributed by atoms with Crippen molar-refractivity contribution in [3.05, 3.63) is 63.1 Å². The van der Waals surface area contributed by atoms with Gasteiger partial charge in [-0.15, -0.1) is 0 Å². The molecule has 1 atom stereocenters. The van der Waals surface area contributed by atoms with Gasteiger partial charge in [0.05, 0.1) is 11.9 Å². The van der Waals surface area contributed by atoms with Gasteiger partial charge in [-0.25, -0.2) is 8.42 Å². The van der Waals surface area contributed by atoms with E-state index in [0.717, 1.165) is 46.3 Å². The number of amides is 2. The molecule has 1 fully saturated rings. The van der Waals surface area contributed by atoms with E-state index in [0.29, 0.717) is 16.3 Å². The first-order valence-corrected chi connectivity index (χ1v) is 14.6. The van der Waals surface area contributed by atoms with Crippen LogP contribution in [0.15, 0.2) is 46.9 Å². The van der Waals surface area contributed by atoms with Gasteiger partial charge in [0.25, 0.3) is 0 Å². The Morgan fingerprint density at radius 3 is 2.49 bits per heavy atom. The summed E-state index contributed by atoms with van der Waals surface area (Å²) in [4.78, 5) is 28.2. The summed E-state index contributed by atoms with van der Waals surface area (Å²) in [5.74, 6) is -0.728. The minimum atomic E-state index is -3.81. The zero-order valence-electron chi connectivity index (χ0n) is 20.1. The lowest BCUT2D eigenvalue weighted by Gasteiger charge is -2.32. The zero-order chi connectivity index (χ0) is 25.8. The van der Waals surface area contributed by atoms with Crippen LogP contribution in [-0.2, 0) is 26.2 Å². The molecule has 2 aromatic rings. The smallest absolute Gasteiger partial charge is 0.244 e. The quantitative estimate of drug-likeness (QED) is 0.465. The topological polar surface area (TPSA) is 86.8 Å². The van der Waals surface area contributed by atoms with Gasteiger partial charge in [-0.2, -0.15) is 0 Å². The maximum absolute atomic E-state index is 13.6. The molecule has 0 saturated heterocycles. The van der Waals surface area contributed by atoms with Crippen molar-refractivity contribution < 1.29 is 18.0 Å². The van der Waals surface area contributed by atoms with Crippen molar-refractivity contribution in [3.8, 4) is 0 Å². The van der Waals surface area contributed by atoms with Crippen molar-refractivity contribution in [1.82, 2.24) is 10.2 Å². The summed E-state index contributed by atoms with van der Waals surface area (Å²) >= 11 is 9.57. The summed E-state index contributed by atoms with van der Waals surface area (Å²) in [7, 11) is -3.81. The average molecular weight is 585 g/mol. The molecule has 7 nitrogen and oxygen atoms in total. The monoisotopic (exact) mass is 583 g/mol. The number of anilines is 1. The largest absolute Gasteiger partial charge is 0.352 e. The van der Waals surface area contributed by atoms with Gasteiger partial charge in [0.1, 0.15) is 12.6 Å². The number of halogens is 2. The van der Waals surface area contributed by atoms with Gasteiger partial charge in [-0.05, 0) is 62.1 Å². The van der Waals surface area contributed by atoms with Gasteiger partial charge in [0.15, 0.2) is 0 Å². The maximum atomic E-state index is 13.6. The van der Waals surface area contributed by atoms with Crippen LogP contribution in [0.4, 0.5) is 5.69 Å². The Kier molecular flexibility index (Phi) is 9.23. The molecule has 1 saturated carbocycles. The number of nitrogens with zero attached hydrogens (tertiary/aromatic N) is 2. The SMILES string of the molecule is Cc1ccc(Cl)cc1N(CC(=O)N(Cc1cccc(Br)c1)[C@H](C)C(=O)NC1CCCC1)S(C)(=O)=O. The normalized spacial score (nSPS) is 15.0. The Labute approximate surface area is 221 Å². The molecule has 0 aliphatic heterocycles. The Hall–Kier alpha value is -2.10. The molecule has 0 radical (unpaired) electrons. The van der Waals surface area contributed by atoms with E-state index in [1.165, 1.54) is 11.0 Å². The minimum Gasteiger partial charge on any atom is -0.352 e.